The van der Waals surface area contributed by atoms with E-state index >= 15 is 0 Å². The van der Waals surface area contributed by atoms with E-state index in [1.807, 2.05) is 41.8 Å². The van der Waals surface area contributed by atoms with Crippen molar-refractivity contribution in [2.24, 2.45) is 0 Å². The summed E-state index contributed by atoms with van der Waals surface area (Å²) < 4.78 is 1.95. The highest BCUT2D eigenvalue weighted by atomic mass is 15.0. The molecule has 0 atom stereocenters. The first-order valence-corrected chi connectivity index (χ1v) is 7.12. The number of H-pyrrole nitrogens is 1. The van der Waals surface area contributed by atoms with Gasteiger partial charge in [-0.25, -0.2) is 15.0 Å². The normalized spacial score (nSPS) is 11.9. The van der Waals surface area contributed by atoms with E-state index in [1.165, 1.54) is 0 Å². The Labute approximate surface area is 131 Å². The van der Waals surface area contributed by atoms with E-state index in [9.17, 15) is 5.26 Å². The van der Waals surface area contributed by atoms with Gasteiger partial charge in [0.25, 0.3) is 0 Å². The van der Waals surface area contributed by atoms with E-state index in [4.69, 9.17) is 0 Å². The van der Waals surface area contributed by atoms with Crippen molar-refractivity contribution in [3.8, 4) is 6.07 Å². The van der Waals surface area contributed by atoms with Crippen molar-refractivity contribution in [2.45, 2.75) is 6.92 Å². The van der Waals surface area contributed by atoms with Crippen LogP contribution in [0.1, 0.15) is 17.1 Å². The fourth-order valence-electron chi connectivity index (χ4n) is 2.55. The zero-order valence-electron chi connectivity index (χ0n) is 12.4. The van der Waals surface area contributed by atoms with Crippen LogP contribution in [0.4, 0.5) is 0 Å². The second kappa shape index (κ2) is 5.07. The molecule has 4 rings (SSSR count). The molecule has 4 aromatic rings. The van der Waals surface area contributed by atoms with Crippen molar-refractivity contribution in [2.75, 3.05) is 0 Å². The molecule has 4 aromatic heterocycles. The van der Waals surface area contributed by atoms with Crippen LogP contribution in [0, 0.1) is 18.3 Å². The predicted molar refractivity (Wildman–Crippen MR) is 87.3 cm³/mol. The molecule has 0 fully saturated rings. The number of pyridine rings is 2. The summed E-state index contributed by atoms with van der Waals surface area (Å²) in [6, 6.07) is 9.87. The van der Waals surface area contributed by atoms with E-state index in [-0.39, 0.29) is 0 Å². The van der Waals surface area contributed by atoms with Crippen LogP contribution in [0.3, 0.4) is 0 Å². The highest BCUT2D eigenvalue weighted by Crippen LogP contribution is 2.19. The quantitative estimate of drug-likeness (QED) is 0.577. The number of rotatable bonds is 2. The maximum Gasteiger partial charge on any atom is 0.178 e. The number of hydrogen-bond acceptors (Lipinski definition) is 4. The summed E-state index contributed by atoms with van der Waals surface area (Å²) in [4.78, 5) is 16.1. The SMILES string of the molecule is Cc1cccn2c(/C=C(\C#N)c3nc4ncccc4[nH]3)cnc12. The molecule has 0 radical (unpaired) electrons. The maximum atomic E-state index is 9.50. The third-order valence-corrected chi connectivity index (χ3v) is 3.68. The maximum absolute atomic E-state index is 9.50. The van der Waals surface area contributed by atoms with Gasteiger partial charge < -0.3 is 9.38 Å². The van der Waals surface area contributed by atoms with Gasteiger partial charge in [0, 0.05) is 12.4 Å². The van der Waals surface area contributed by atoms with Crippen LogP contribution < -0.4 is 0 Å². The van der Waals surface area contributed by atoms with Gasteiger partial charge in [-0.2, -0.15) is 5.26 Å². The second-order valence-corrected chi connectivity index (χ2v) is 5.20. The third kappa shape index (κ3) is 2.15. The molecular formula is C17H12N6. The lowest BCUT2D eigenvalue weighted by molar-refractivity contribution is 1.15. The number of aryl methyl sites for hydroxylation is 1. The minimum Gasteiger partial charge on any atom is -0.336 e. The molecule has 23 heavy (non-hydrogen) atoms. The smallest absolute Gasteiger partial charge is 0.178 e. The Hall–Kier alpha value is -3.46. The van der Waals surface area contributed by atoms with Crippen molar-refractivity contribution in [1.29, 1.82) is 5.26 Å². The van der Waals surface area contributed by atoms with E-state index in [0.717, 1.165) is 22.4 Å². The van der Waals surface area contributed by atoms with E-state index < -0.39 is 0 Å². The van der Waals surface area contributed by atoms with Crippen LogP contribution in [0.15, 0.2) is 42.9 Å². The van der Waals surface area contributed by atoms with Crippen LogP contribution >= 0.6 is 0 Å². The molecule has 0 aliphatic carbocycles. The van der Waals surface area contributed by atoms with Crippen LogP contribution in [0.5, 0.6) is 0 Å². The molecule has 0 aliphatic heterocycles. The van der Waals surface area contributed by atoms with Gasteiger partial charge in [-0.3, -0.25) is 0 Å². The number of nitrogens with one attached hydrogen (secondary N) is 1. The average Bonchev–Trinajstić information content (AvgIpc) is 3.17. The number of fused-ring (bicyclic) bond motifs is 2. The molecule has 0 unspecified atom stereocenters. The molecule has 0 aliphatic rings. The van der Waals surface area contributed by atoms with Crippen molar-refractivity contribution in [3.63, 3.8) is 0 Å². The minimum absolute atomic E-state index is 0.436. The summed E-state index contributed by atoms with van der Waals surface area (Å²) in [5.74, 6) is 0.504. The van der Waals surface area contributed by atoms with E-state index in [1.54, 1.807) is 18.5 Å². The Bertz CT molecular complexity index is 1060. The van der Waals surface area contributed by atoms with Gasteiger partial charge in [-0.15, -0.1) is 0 Å². The molecule has 110 valence electrons. The van der Waals surface area contributed by atoms with Gasteiger partial charge >= 0.3 is 0 Å². The highest BCUT2D eigenvalue weighted by molar-refractivity contribution is 5.89. The summed E-state index contributed by atoms with van der Waals surface area (Å²) in [5, 5.41) is 9.50. The van der Waals surface area contributed by atoms with Crippen molar-refractivity contribution in [3.05, 3.63) is 59.9 Å². The minimum atomic E-state index is 0.436. The van der Waals surface area contributed by atoms with Crippen molar-refractivity contribution >= 4 is 28.5 Å². The number of aromatic nitrogens is 5. The van der Waals surface area contributed by atoms with Crippen molar-refractivity contribution < 1.29 is 0 Å². The Morgan fingerprint density at radius 1 is 1.30 bits per heavy atom. The van der Waals surface area contributed by atoms with E-state index in [0.29, 0.717) is 17.0 Å². The van der Waals surface area contributed by atoms with Gasteiger partial charge in [-0.05, 0) is 36.8 Å². The van der Waals surface area contributed by atoms with Gasteiger partial charge in [-0.1, -0.05) is 6.07 Å². The molecule has 4 heterocycles. The molecule has 1 N–H and O–H groups in total. The fourth-order valence-corrected chi connectivity index (χ4v) is 2.55. The lowest BCUT2D eigenvalue weighted by atomic mass is 10.2. The molecule has 0 saturated carbocycles. The third-order valence-electron chi connectivity index (χ3n) is 3.68. The summed E-state index contributed by atoms with van der Waals surface area (Å²) in [6.45, 7) is 2.01. The fraction of sp³-hybridized carbons (Fsp3) is 0.0588. The van der Waals surface area contributed by atoms with Crippen LogP contribution in [-0.4, -0.2) is 24.3 Å². The van der Waals surface area contributed by atoms with Crippen molar-refractivity contribution in [1.82, 2.24) is 24.3 Å². The second-order valence-electron chi connectivity index (χ2n) is 5.20. The van der Waals surface area contributed by atoms with Crippen LogP contribution in [0.2, 0.25) is 0 Å². The van der Waals surface area contributed by atoms with Gasteiger partial charge in [0.15, 0.2) is 11.5 Å². The number of nitriles is 1. The summed E-state index contributed by atoms with van der Waals surface area (Å²) >= 11 is 0. The number of hydrogen-bond donors (Lipinski definition) is 1. The average molecular weight is 300 g/mol. The zero-order valence-corrected chi connectivity index (χ0v) is 12.4. The molecule has 0 spiro atoms. The first kappa shape index (κ1) is 13.2. The topological polar surface area (TPSA) is 82.7 Å². The van der Waals surface area contributed by atoms with Gasteiger partial charge in [0.1, 0.15) is 11.7 Å². The molecule has 0 bridgehead atoms. The van der Waals surface area contributed by atoms with Gasteiger partial charge in [0.2, 0.25) is 0 Å². The Morgan fingerprint density at radius 2 is 2.22 bits per heavy atom. The largest absolute Gasteiger partial charge is 0.336 e. The molecular weight excluding hydrogens is 288 g/mol. The first-order chi connectivity index (χ1) is 11.3. The molecule has 0 aromatic carbocycles. The van der Waals surface area contributed by atoms with Gasteiger partial charge in [0.05, 0.1) is 23.0 Å². The molecule has 6 nitrogen and oxygen atoms in total. The lowest BCUT2D eigenvalue weighted by Crippen LogP contribution is -1.90. The first-order valence-electron chi connectivity index (χ1n) is 7.12. The Balaban J connectivity index is 1.87. The molecule has 6 heteroatoms. The Morgan fingerprint density at radius 3 is 3.04 bits per heavy atom. The summed E-state index contributed by atoms with van der Waals surface area (Å²) in [7, 11) is 0. The summed E-state index contributed by atoms with van der Waals surface area (Å²) in [5.41, 5.74) is 4.62. The Kier molecular flexibility index (Phi) is 2.91. The zero-order chi connectivity index (χ0) is 15.8. The monoisotopic (exact) mass is 300 g/mol. The molecule has 0 amide bonds. The van der Waals surface area contributed by atoms with E-state index in [2.05, 4.69) is 26.0 Å². The number of nitrogens with zero attached hydrogens (tertiary/aromatic N) is 5. The van der Waals surface area contributed by atoms with Crippen LogP contribution in [0.25, 0.3) is 28.5 Å². The van der Waals surface area contributed by atoms with Crippen LogP contribution in [-0.2, 0) is 0 Å². The highest BCUT2D eigenvalue weighted by Gasteiger charge is 2.10. The number of aromatic amines is 1. The standard InChI is InChI=1S/C17H12N6/c1-11-4-3-7-23-13(10-20-17(11)23)8-12(9-18)15-21-14-5-2-6-19-16(14)22-15/h2-8,10H,1H3,(H,19,21,22)/b12-8+. The summed E-state index contributed by atoms with van der Waals surface area (Å²) in [6.07, 6.45) is 7.13. The number of allylic oxidation sites excluding steroid dienone is 1. The molecule has 0 saturated heterocycles. The predicted octanol–water partition coefficient (Wildman–Crippen LogP) is 2.98. The number of imidazole rings is 2. The lowest BCUT2D eigenvalue weighted by Gasteiger charge is -1.99.